The Morgan fingerprint density at radius 1 is 1.10 bits per heavy atom. The fraction of sp³-hybridized carbons (Fsp3) is 0.273. The van der Waals surface area contributed by atoms with Crippen molar-refractivity contribution in [1.82, 2.24) is 9.88 Å². The van der Waals surface area contributed by atoms with Crippen LogP contribution < -0.4 is 10.2 Å². The number of nitrogens with zero attached hydrogens (tertiary/aromatic N) is 1. The number of H-pyrrole nitrogens is 1. The molecule has 1 aromatic heterocycles. The van der Waals surface area contributed by atoms with Crippen molar-refractivity contribution < 1.29 is 18.9 Å². The molecular formula is C22H24FN4O2+. The number of fused-ring (bicyclic) bond motifs is 1. The third-order valence-electron chi connectivity index (χ3n) is 5.36. The van der Waals surface area contributed by atoms with Crippen molar-refractivity contribution in [2.45, 2.75) is 6.42 Å². The maximum atomic E-state index is 13.2. The lowest BCUT2D eigenvalue weighted by atomic mass is 10.1. The van der Waals surface area contributed by atoms with E-state index in [1.165, 1.54) is 12.1 Å². The zero-order valence-corrected chi connectivity index (χ0v) is 16.1. The molecule has 0 unspecified atom stereocenters. The van der Waals surface area contributed by atoms with Crippen molar-refractivity contribution in [1.29, 1.82) is 0 Å². The quantitative estimate of drug-likeness (QED) is 0.608. The van der Waals surface area contributed by atoms with E-state index in [0.717, 1.165) is 34.5 Å². The topological polar surface area (TPSA) is 69.6 Å². The Labute approximate surface area is 168 Å². The van der Waals surface area contributed by atoms with Crippen molar-refractivity contribution in [2.75, 3.05) is 38.0 Å². The molecule has 3 N–H and O–H groups in total. The molecule has 7 heteroatoms. The van der Waals surface area contributed by atoms with Gasteiger partial charge in [0.05, 0.1) is 32.6 Å². The van der Waals surface area contributed by atoms with Crippen molar-refractivity contribution in [3.05, 3.63) is 66.1 Å². The number of quaternary nitrogens is 1. The number of carbonyl (C=O) groups excluding carboxylic acids is 2. The minimum Gasteiger partial charge on any atom is -0.361 e. The molecule has 0 aliphatic carbocycles. The van der Waals surface area contributed by atoms with E-state index in [2.05, 4.69) is 10.3 Å². The Hall–Kier alpha value is -3.19. The molecular weight excluding hydrogens is 371 g/mol. The molecule has 0 radical (unpaired) electrons. The van der Waals surface area contributed by atoms with Gasteiger partial charge in [0.2, 0.25) is 5.91 Å². The van der Waals surface area contributed by atoms with Gasteiger partial charge in [-0.1, -0.05) is 24.3 Å². The third-order valence-corrected chi connectivity index (χ3v) is 5.36. The Bertz CT molecular complexity index is 1020. The summed E-state index contributed by atoms with van der Waals surface area (Å²) in [4.78, 5) is 31.1. The van der Waals surface area contributed by atoms with Gasteiger partial charge in [-0.25, -0.2) is 4.39 Å². The van der Waals surface area contributed by atoms with Crippen molar-refractivity contribution in [2.24, 2.45) is 0 Å². The number of nitrogens with one attached hydrogen (secondary N) is 3. The summed E-state index contributed by atoms with van der Waals surface area (Å²) in [5.74, 6) is -0.417. The second kappa shape index (κ2) is 8.45. The number of rotatable bonds is 5. The summed E-state index contributed by atoms with van der Waals surface area (Å²) >= 11 is 0. The highest BCUT2D eigenvalue weighted by Gasteiger charge is 2.25. The molecule has 1 aliphatic rings. The Morgan fingerprint density at radius 2 is 1.90 bits per heavy atom. The van der Waals surface area contributed by atoms with E-state index < -0.39 is 0 Å². The second-order valence-corrected chi connectivity index (χ2v) is 7.40. The van der Waals surface area contributed by atoms with Crippen LogP contribution in [0.3, 0.4) is 0 Å². The fourth-order valence-electron chi connectivity index (χ4n) is 3.80. The summed E-state index contributed by atoms with van der Waals surface area (Å²) < 4.78 is 13.2. The second-order valence-electron chi connectivity index (χ2n) is 7.40. The average Bonchev–Trinajstić information content (AvgIpc) is 3.11. The van der Waals surface area contributed by atoms with Crippen LogP contribution in [0.4, 0.5) is 10.1 Å². The molecule has 1 aliphatic heterocycles. The standard InChI is InChI=1S/C22H23FN4O2/c23-17-4-3-5-18(13-17)25-21(28)15-26-8-10-27(11-9-26)22(29)12-16-14-24-20-7-2-1-6-19(16)20/h1-7,13-14,24H,8-12,15H2,(H,25,28)/p+1. The van der Waals surface area contributed by atoms with Gasteiger partial charge in [0, 0.05) is 22.8 Å². The number of halogens is 1. The smallest absolute Gasteiger partial charge is 0.279 e. The van der Waals surface area contributed by atoms with E-state index in [1.807, 2.05) is 35.4 Å². The molecule has 2 heterocycles. The van der Waals surface area contributed by atoms with Crippen molar-refractivity contribution in [3.8, 4) is 0 Å². The molecule has 29 heavy (non-hydrogen) atoms. The van der Waals surface area contributed by atoms with Crippen LogP contribution in [0.25, 0.3) is 10.9 Å². The summed E-state index contributed by atoms with van der Waals surface area (Å²) in [6, 6.07) is 13.8. The van der Waals surface area contributed by atoms with E-state index in [4.69, 9.17) is 0 Å². The highest BCUT2D eigenvalue weighted by Crippen LogP contribution is 2.18. The number of aromatic nitrogens is 1. The maximum absolute atomic E-state index is 13.2. The minimum absolute atomic E-state index is 0.109. The van der Waals surface area contributed by atoms with Gasteiger partial charge in [0.25, 0.3) is 5.91 Å². The average molecular weight is 395 g/mol. The summed E-state index contributed by atoms with van der Waals surface area (Å²) in [6.07, 6.45) is 2.28. The Balaban J connectivity index is 1.26. The van der Waals surface area contributed by atoms with E-state index >= 15 is 0 Å². The number of hydrogen-bond acceptors (Lipinski definition) is 2. The molecule has 0 bridgehead atoms. The lowest BCUT2D eigenvalue weighted by Crippen LogP contribution is -3.15. The predicted octanol–water partition coefficient (Wildman–Crippen LogP) is 1.22. The first kappa shape index (κ1) is 19.1. The molecule has 2 aromatic carbocycles. The highest BCUT2D eigenvalue weighted by molar-refractivity contribution is 5.91. The Morgan fingerprint density at radius 3 is 2.69 bits per heavy atom. The van der Waals surface area contributed by atoms with Crippen molar-refractivity contribution >= 4 is 28.4 Å². The molecule has 2 amide bonds. The van der Waals surface area contributed by atoms with Crippen LogP contribution in [-0.4, -0.2) is 54.4 Å². The van der Waals surface area contributed by atoms with Crippen LogP contribution in [0.2, 0.25) is 0 Å². The number of amides is 2. The van der Waals surface area contributed by atoms with E-state index in [0.29, 0.717) is 31.7 Å². The van der Waals surface area contributed by atoms with Crippen LogP contribution in [0.1, 0.15) is 5.56 Å². The van der Waals surface area contributed by atoms with Crippen LogP contribution in [0, 0.1) is 5.82 Å². The molecule has 4 rings (SSSR count). The largest absolute Gasteiger partial charge is 0.361 e. The molecule has 0 saturated carbocycles. The van der Waals surface area contributed by atoms with Crippen LogP contribution in [-0.2, 0) is 16.0 Å². The van der Waals surface area contributed by atoms with Crippen molar-refractivity contribution in [3.63, 3.8) is 0 Å². The van der Waals surface area contributed by atoms with Gasteiger partial charge in [-0.05, 0) is 29.8 Å². The lowest BCUT2D eigenvalue weighted by molar-refractivity contribution is -0.895. The summed E-state index contributed by atoms with van der Waals surface area (Å²) in [5.41, 5.74) is 2.51. The van der Waals surface area contributed by atoms with Crippen LogP contribution >= 0.6 is 0 Å². The summed E-state index contributed by atoms with van der Waals surface area (Å²) in [7, 11) is 0. The first-order valence-corrected chi connectivity index (χ1v) is 9.80. The number of carbonyl (C=O) groups is 2. The summed E-state index contributed by atoms with van der Waals surface area (Å²) in [5, 5.41) is 3.81. The van der Waals surface area contributed by atoms with Gasteiger partial charge in [0.1, 0.15) is 5.82 Å². The zero-order chi connectivity index (χ0) is 20.2. The number of aromatic amines is 1. The van der Waals surface area contributed by atoms with Gasteiger partial charge in [-0.3, -0.25) is 9.59 Å². The molecule has 1 fully saturated rings. The van der Waals surface area contributed by atoms with Crippen LogP contribution in [0.5, 0.6) is 0 Å². The first-order chi connectivity index (χ1) is 14.1. The Kier molecular flexibility index (Phi) is 5.57. The number of hydrogen-bond donors (Lipinski definition) is 3. The van der Waals surface area contributed by atoms with Crippen LogP contribution in [0.15, 0.2) is 54.7 Å². The fourth-order valence-corrected chi connectivity index (χ4v) is 3.80. The molecule has 3 aromatic rings. The third kappa shape index (κ3) is 4.63. The SMILES string of the molecule is O=C(C[NH+]1CCN(C(=O)Cc2c[nH]c3ccccc23)CC1)Nc1cccc(F)c1. The van der Waals surface area contributed by atoms with E-state index in [9.17, 15) is 14.0 Å². The monoisotopic (exact) mass is 395 g/mol. The highest BCUT2D eigenvalue weighted by atomic mass is 19.1. The van der Waals surface area contributed by atoms with E-state index in [1.54, 1.807) is 12.1 Å². The summed E-state index contributed by atoms with van der Waals surface area (Å²) in [6.45, 7) is 3.00. The predicted molar refractivity (Wildman–Crippen MR) is 109 cm³/mol. The number of benzene rings is 2. The number of piperazine rings is 1. The molecule has 150 valence electrons. The molecule has 1 saturated heterocycles. The molecule has 0 atom stereocenters. The zero-order valence-electron chi connectivity index (χ0n) is 16.1. The number of anilines is 1. The van der Waals surface area contributed by atoms with E-state index in [-0.39, 0.29) is 17.6 Å². The first-order valence-electron chi connectivity index (χ1n) is 9.80. The van der Waals surface area contributed by atoms with Gasteiger partial charge in [-0.2, -0.15) is 0 Å². The normalized spacial score (nSPS) is 14.9. The molecule has 0 spiro atoms. The van der Waals surface area contributed by atoms with Gasteiger partial charge in [0.15, 0.2) is 6.54 Å². The minimum atomic E-state index is -0.377. The number of para-hydroxylation sites is 1. The maximum Gasteiger partial charge on any atom is 0.279 e. The van der Waals surface area contributed by atoms with Gasteiger partial charge in [-0.15, -0.1) is 0 Å². The van der Waals surface area contributed by atoms with Gasteiger partial charge < -0.3 is 20.1 Å². The lowest BCUT2D eigenvalue weighted by Gasteiger charge is -2.32. The van der Waals surface area contributed by atoms with Gasteiger partial charge >= 0.3 is 0 Å². The molecule has 6 nitrogen and oxygen atoms in total.